The number of rotatable bonds is 1. The minimum Gasteiger partial charge on any atom is -0.441 e. The van der Waals surface area contributed by atoms with Crippen LogP contribution in [0, 0.1) is 0 Å². The first-order valence-electron chi connectivity index (χ1n) is 1.99. The molecular formula is C4H4N2OS. The zero-order chi connectivity index (χ0) is 5.98. The highest BCUT2D eigenvalue weighted by atomic mass is 32.1. The summed E-state index contributed by atoms with van der Waals surface area (Å²) in [5.74, 6) is 0.458. The van der Waals surface area contributed by atoms with E-state index in [2.05, 4.69) is 17.2 Å². The second-order valence-corrected chi connectivity index (χ2v) is 1.67. The summed E-state index contributed by atoms with van der Waals surface area (Å²) < 4.78 is 4.72. The normalized spacial score (nSPS) is 9.00. The molecule has 1 aromatic heterocycles. The standard InChI is InChI=1S/C4H4N2OS/c5-4(8)3-1-6-2-7-3/h1-2H,(H2,5,8). The van der Waals surface area contributed by atoms with Crippen molar-refractivity contribution >= 4 is 17.2 Å². The Balaban J connectivity index is 2.93. The molecule has 0 aliphatic heterocycles. The van der Waals surface area contributed by atoms with Crippen molar-refractivity contribution in [1.29, 1.82) is 0 Å². The van der Waals surface area contributed by atoms with E-state index in [1.807, 2.05) is 0 Å². The largest absolute Gasteiger partial charge is 0.441 e. The molecular weight excluding hydrogens is 124 g/mol. The fourth-order valence-electron chi connectivity index (χ4n) is 0.337. The Kier molecular flexibility index (Phi) is 1.26. The minimum atomic E-state index is 0.238. The van der Waals surface area contributed by atoms with E-state index in [1.165, 1.54) is 12.6 Å². The zero-order valence-corrected chi connectivity index (χ0v) is 4.81. The van der Waals surface area contributed by atoms with Gasteiger partial charge in [0.15, 0.2) is 12.2 Å². The van der Waals surface area contributed by atoms with Crippen LogP contribution in [0.5, 0.6) is 0 Å². The zero-order valence-electron chi connectivity index (χ0n) is 4.00. The van der Waals surface area contributed by atoms with Gasteiger partial charge in [0.05, 0.1) is 6.20 Å². The van der Waals surface area contributed by atoms with Crippen molar-refractivity contribution in [3.8, 4) is 0 Å². The van der Waals surface area contributed by atoms with Gasteiger partial charge in [-0.25, -0.2) is 4.98 Å². The number of hydrogen-bond donors (Lipinski definition) is 1. The summed E-state index contributed by atoms with van der Waals surface area (Å²) in [5, 5.41) is 0. The smallest absolute Gasteiger partial charge is 0.181 e. The molecule has 0 aromatic carbocycles. The first kappa shape index (κ1) is 5.24. The van der Waals surface area contributed by atoms with Crippen molar-refractivity contribution in [2.45, 2.75) is 0 Å². The lowest BCUT2D eigenvalue weighted by molar-refractivity contribution is 0.549. The van der Waals surface area contributed by atoms with Crippen LogP contribution in [0.1, 0.15) is 5.76 Å². The molecule has 4 heteroatoms. The maximum atomic E-state index is 5.16. The predicted molar refractivity (Wildman–Crippen MR) is 32.4 cm³/mol. The molecule has 0 amide bonds. The van der Waals surface area contributed by atoms with Gasteiger partial charge in [-0.05, 0) is 0 Å². The number of nitrogens with zero attached hydrogens (tertiary/aromatic N) is 1. The number of nitrogens with two attached hydrogens (primary N) is 1. The first-order valence-corrected chi connectivity index (χ1v) is 2.40. The lowest BCUT2D eigenvalue weighted by atomic mass is 10.5. The molecule has 42 valence electrons. The van der Waals surface area contributed by atoms with E-state index in [1.54, 1.807) is 0 Å². The van der Waals surface area contributed by atoms with Gasteiger partial charge in [0, 0.05) is 0 Å². The summed E-state index contributed by atoms with van der Waals surface area (Å²) in [6, 6.07) is 0. The summed E-state index contributed by atoms with van der Waals surface area (Å²) >= 11 is 4.56. The second kappa shape index (κ2) is 1.92. The van der Waals surface area contributed by atoms with Crippen molar-refractivity contribution < 1.29 is 4.42 Å². The third kappa shape index (κ3) is 0.840. The summed E-state index contributed by atoms with van der Waals surface area (Å²) in [6.45, 7) is 0. The first-order chi connectivity index (χ1) is 3.80. The van der Waals surface area contributed by atoms with Crippen LogP contribution in [0.2, 0.25) is 0 Å². The molecule has 0 fully saturated rings. The minimum absolute atomic E-state index is 0.238. The van der Waals surface area contributed by atoms with Crippen LogP contribution in [0.3, 0.4) is 0 Å². The van der Waals surface area contributed by atoms with E-state index in [0.29, 0.717) is 5.76 Å². The van der Waals surface area contributed by atoms with Gasteiger partial charge in [-0.3, -0.25) is 0 Å². The molecule has 0 saturated heterocycles. The number of hydrogen-bond acceptors (Lipinski definition) is 3. The Morgan fingerprint density at radius 3 is 2.88 bits per heavy atom. The van der Waals surface area contributed by atoms with Gasteiger partial charge in [-0.2, -0.15) is 0 Å². The Morgan fingerprint density at radius 2 is 2.62 bits per heavy atom. The lowest BCUT2D eigenvalue weighted by Gasteiger charge is -1.82. The lowest BCUT2D eigenvalue weighted by Crippen LogP contribution is -2.07. The van der Waals surface area contributed by atoms with Gasteiger partial charge in [-0.15, -0.1) is 0 Å². The monoisotopic (exact) mass is 128 g/mol. The molecule has 0 atom stereocenters. The van der Waals surface area contributed by atoms with Gasteiger partial charge in [0.1, 0.15) is 4.99 Å². The quantitative estimate of drug-likeness (QED) is 0.553. The van der Waals surface area contributed by atoms with Crippen LogP contribution in [0.25, 0.3) is 0 Å². The van der Waals surface area contributed by atoms with Crippen LogP contribution in [-0.4, -0.2) is 9.97 Å². The highest BCUT2D eigenvalue weighted by molar-refractivity contribution is 7.80. The Labute approximate surface area is 51.5 Å². The van der Waals surface area contributed by atoms with Gasteiger partial charge in [-0.1, -0.05) is 12.2 Å². The molecule has 2 N–H and O–H groups in total. The topological polar surface area (TPSA) is 52.0 Å². The van der Waals surface area contributed by atoms with E-state index in [-0.39, 0.29) is 4.99 Å². The van der Waals surface area contributed by atoms with Crippen molar-refractivity contribution in [3.05, 3.63) is 18.4 Å². The predicted octanol–water partition coefficient (Wildman–Crippen LogP) is 0.309. The summed E-state index contributed by atoms with van der Waals surface area (Å²) in [4.78, 5) is 3.85. The van der Waals surface area contributed by atoms with Crippen molar-refractivity contribution in [2.75, 3.05) is 0 Å². The van der Waals surface area contributed by atoms with E-state index in [0.717, 1.165) is 0 Å². The molecule has 0 spiro atoms. The molecule has 8 heavy (non-hydrogen) atoms. The Morgan fingerprint density at radius 1 is 1.88 bits per heavy atom. The Hall–Kier alpha value is -0.900. The fourth-order valence-corrected chi connectivity index (χ4v) is 0.438. The molecule has 0 aliphatic carbocycles. The molecule has 0 bridgehead atoms. The summed E-state index contributed by atoms with van der Waals surface area (Å²) in [7, 11) is 0. The molecule has 0 saturated carbocycles. The summed E-state index contributed by atoms with van der Waals surface area (Å²) in [5.41, 5.74) is 5.16. The third-order valence-corrected chi connectivity index (χ3v) is 0.876. The highest BCUT2D eigenvalue weighted by Gasteiger charge is 1.95. The fraction of sp³-hybridized carbons (Fsp3) is 0. The molecule has 0 aliphatic rings. The van der Waals surface area contributed by atoms with Crippen LogP contribution in [0.15, 0.2) is 17.0 Å². The number of oxazole rings is 1. The molecule has 1 aromatic rings. The van der Waals surface area contributed by atoms with Crippen molar-refractivity contribution in [2.24, 2.45) is 5.73 Å². The van der Waals surface area contributed by atoms with E-state index in [4.69, 9.17) is 10.2 Å². The van der Waals surface area contributed by atoms with Crippen LogP contribution in [0.4, 0.5) is 0 Å². The molecule has 3 nitrogen and oxygen atoms in total. The van der Waals surface area contributed by atoms with Crippen molar-refractivity contribution in [3.63, 3.8) is 0 Å². The number of aromatic nitrogens is 1. The van der Waals surface area contributed by atoms with Crippen LogP contribution >= 0.6 is 12.2 Å². The highest BCUT2D eigenvalue weighted by Crippen LogP contribution is 1.93. The van der Waals surface area contributed by atoms with E-state index < -0.39 is 0 Å². The molecule has 0 unspecified atom stereocenters. The number of thiocarbonyl (C=S) groups is 1. The average Bonchev–Trinajstić information content (AvgIpc) is 2.12. The average molecular weight is 128 g/mol. The van der Waals surface area contributed by atoms with Gasteiger partial charge in [0.25, 0.3) is 0 Å². The SMILES string of the molecule is NC(=S)c1cnco1. The van der Waals surface area contributed by atoms with Crippen LogP contribution in [-0.2, 0) is 0 Å². The molecule has 1 heterocycles. The van der Waals surface area contributed by atoms with E-state index in [9.17, 15) is 0 Å². The molecule has 1 rings (SSSR count). The van der Waals surface area contributed by atoms with Crippen LogP contribution < -0.4 is 5.73 Å². The maximum absolute atomic E-state index is 5.16. The molecule has 0 radical (unpaired) electrons. The van der Waals surface area contributed by atoms with Crippen molar-refractivity contribution in [1.82, 2.24) is 4.98 Å². The second-order valence-electron chi connectivity index (χ2n) is 1.23. The maximum Gasteiger partial charge on any atom is 0.181 e. The van der Waals surface area contributed by atoms with Gasteiger partial charge in [0.2, 0.25) is 0 Å². The summed E-state index contributed by atoms with van der Waals surface area (Å²) in [6.07, 6.45) is 2.76. The van der Waals surface area contributed by atoms with Gasteiger partial charge < -0.3 is 10.2 Å². The third-order valence-electron chi connectivity index (χ3n) is 0.675. The van der Waals surface area contributed by atoms with Gasteiger partial charge >= 0.3 is 0 Å². The Bertz CT molecular complexity index is 182. The van der Waals surface area contributed by atoms with E-state index >= 15 is 0 Å².